The smallest absolute Gasteiger partial charge is 0.426 e. The van der Waals surface area contributed by atoms with Gasteiger partial charge >= 0.3 is 6.18 Å². The van der Waals surface area contributed by atoms with E-state index in [0.29, 0.717) is 19.0 Å². The van der Waals surface area contributed by atoms with Gasteiger partial charge in [-0.3, -0.25) is 0 Å². The highest BCUT2D eigenvalue weighted by Gasteiger charge is 2.31. The quantitative estimate of drug-likeness (QED) is 0.448. The summed E-state index contributed by atoms with van der Waals surface area (Å²) in [5.74, 6) is 0.288. The molecule has 0 radical (unpaired) electrons. The highest BCUT2D eigenvalue weighted by molar-refractivity contribution is 6.37. The standard InChI is InChI=1S/C16H18Cl3F3O3/c17-12-9-11(23)10-13(18)15(12)25-8-3-1-2-6-24-7-4-5-14(19)16(20,21)22/h5,9-10,23H,1-4,6-8H2/b14-5-. The van der Waals surface area contributed by atoms with Crippen molar-refractivity contribution in [3.05, 3.63) is 33.3 Å². The number of benzene rings is 1. The van der Waals surface area contributed by atoms with Crippen LogP contribution in [0.2, 0.25) is 10.0 Å². The summed E-state index contributed by atoms with van der Waals surface area (Å²) in [5, 5.41) is 8.66. The van der Waals surface area contributed by atoms with Crippen LogP contribution in [0.1, 0.15) is 25.7 Å². The molecule has 9 heteroatoms. The molecule has 1 N–H and O–H groups in total. The second kappa shape index (κ2) is 11.0. The van der Waals surface area contributed by atoms with Gasteiger partial charge in [-0.15, -0.1) is 0 Å². The molecule has 0 atom stereocenters. The van der Waals surface area contributed by atoms with Crippen LogP contribution in [0.25, 0.3) is 0 Å². The van der Waals surface area contributed by atoms with Crippen LogP contribution >= 0.6 is 34.8 Å². The minimum absolute atomic E-state index is 0.0362. The summed E-state index contributed by atoms with van der Waals surface area (Å²) in [5.41, 5.74) is 0. The molecule has 0 aliphatic rings. The fourth-order valence-electron chi connectivity index (χ4n) is 1.83. The molecule has 1 aromatic carbocycles. The molecule has 0 saturated carbocycles. The predicted octanol–water partition coefficient (Wildman–Crippen LogP) is 6.34. The van der Waals surface area contributed by atoms with E-state index >= 15 is 0 Å². The third-order valence-corrected chi connectivity index (χ3v) is 3.95. The van der Waals surface area contributed by atoms with Gasteiger partial charge in [0, 0.05) is 18.7 Å². The van der Waals surface area contributed by atoms with Gasteiger partial charge in [-0.1, -0.05) is 40.9 Å². The van der Waals surface area contributed by atoms with Crippen molar-refractivity contribution in [3.63, 3.8) is 0 Å². The fourth-order valence-corrected chi connectivity index (χ4v) is 2.52. The Morgan fingerprint density at radius 1 is 1.04 bits per heavy atom. The lowest BCUT2D eigenvalue weighted by Crippen LogP contribution is -2.07. The Kier molecular flexibility index (Phi) is 9.79. The van der Waals surface area contributed by atoms with Crippen LogP contribution in [0.4, 0.5) is 13.2 Å². The lowest BCUT2D eigenvalue weighted by molar-refractivity contribution is -0.0848. The van der Waals surface area contributed by atoms with E-state index in [1.807, 2.05) is 0 Å². The van der Waals surface area contributed by atoms with E-state index in [1.54, 1.807) is 0 Å². The molecule has 0 spiro atoms. The second-order valence-corrected chi connectivity index (χ2v) is 6.32. The molecule has 1 rings (SSSR count). The highest BCUT2D eigenvalue weighted by Crippen LogP contribution is 2.36. The average Bonchev–Trinajstić information content (AvgIpc) is 2.49. The van der Waals surface area contributed by atoms with Crippen molar-refractivity contribution in [1.29, 1.82) is 0 Å². The third kappa shape index (κ3) is 8.90. The molecule has 0 heterocycles. The highest BCUT2D eigenvalue weighted by atomic mass is 35.5. The van der Waals surface area contributed by atoms with Gasteiger partial charge in [0.25, 0.3) is 0 Å². The molecule has 0 saturated heterocycles. The average molecular weight is 422 g/mol. The number of hydrogen-bond acceptors (Lipinski definition) is 3. The zero-order valence-electron chi connectivity index (χ0n) is 13.2. The van der Waals surface area contributed by atoms with E-state index in [0.717, 1.165) is 25.3 Å². The maximum absolute atomic E-state index is 12.1. The van der Waals surface area contributed by atoms with Crippen molar-refractivity contribution in [2.24, 2.45) is 0 Å². The zero-order chi connectivity index (χ0) is 18.9. The van der Waals surface area contributed by atoms with Gasteiger partial charge in [-0.05, 0) is 25.7 Å². The number of aromatic hydroxyl groups is 1. The summed E-state index contributed by atoms with van der Waals surface area (Å²) in [7, 11) is 0. The van der Waals surface area contributed by atoms with E-state index in [-0.39, 0.29) is 28.8 Å². The lowest BCUT2D eigenvalue weighted by Gasteiger charge is -2.10. The Balaban J connectivity index is 2.08. The molecule has 0 aliphatic carbocycles. The summed E-state index contributed by atoms with van der Waals surface area (Å²) in [6.45, 7) is 1.02. The van der Waals surface area contributed by atoms with Gasteiger partial charge in [-0.2, -0.15) is 13.2 Å². The zero-order valence-corrected chi connectivity index (χ0v) is 15.5. The molecule has 0 aliphatic heterocycles. The van der Waals surface area contributed by atoms with Gasteiger partial charge in [0.05, 0.1) is 23.3 Å². The second-order valence-electron chi connectivity index (χ2n) is 5.10. The van der Waals surface area contributed by atoms with Crippen molar-refractivity contribution < 1.29 is 27.8 Å². The Labute approximate surface area is 159 Å². The van der Waals surface area contributed by atoms with Crippen LogP contribution in [0.3, 0.4) is 0 Å². The monoisotopic (exact) mass is 420 g/mol. The first-order chi connectivity index (χ1) is 11.7. The molecule has 3 nitrogen and oxygen atoms in total. The Hall–Kier alpha value is -0.820. The van der Waals surface area contributed by atoms with Crippen LogP contribution in [-0.2, 0) is 4.74 Å². The van der Waals surface area contributed by atoms with Crippen LogP contribution < -0.4 is 4.74 Å². The summed E-state index contributed by atoms with van der Waals surface area (Å²) in [6, 6.07) is 2.69. The van der Waals surface area contributed by atoms with E-state index < -0.39 is 11.2 Å². The minimum atomic E-state index is -4.50. The number of phenols is 1. The molecule has 0 amide bonds. The molecule has 0 unspecified atom stereocenters. The minimum Gasteiger partial charge on any atom is -0.508 e. The topological polar surface area (TPSA) is 38.7 Å². The van der Waals surface area contributed by atoms with Crippen molar-refractivity contribution in [3.8, 4) is 11.5 Å². The Morgan fingerprint density at radius 3 is 2.24 bits per heavy atom. The summed E-state index contributed by atoms with van der Waals surface area (Å²) in [4.78, 5) is 0. The summed E-state index contributed by atoms with van der Waals surface area (Å²) >= 11 is 16.9. The van der Waals surface area contributed by atoms with Gasteiger partial charge in [0.15, 0.2) is 5.75 Å². The Bertz CT molecular complexity index is 554. The number of allylic oxidation sites excluding steroid dienone is 1. The molecular weight excluding hydrogens is 404 g/mol. The van der Waals surface area contributed by atoms with E-state index in [1.165, 1.54) is 12.1 Å². The van der Waals surface area contributed by atoms with Crippen LogP contribution in [0, 0.1) is 0 Å². The largest absolute Gasteiger partial charge is 0.508 e. The maximum Gasteiger partial charge on any atom is 0.426 e. The molecule has 0 aromatic heterocycles. The first-order valence-electron chi connectivity index (χ1n) is 7.53. The SMILES string of the molecule is Oc1cc(Cl)c(OCCCCCOCC/C=C(\Cl)C(F)(F)F)c(Cl)c1. The summed E-state index contributed by atoms with van der Waals surface area (Å²) < 4.78 is 47.0. The Morgan fingerprint density at radius 2 is 1.64 bits per heavy atom. The number of phenolic OH excluding ortho intramolecular Hbond substituents is 1. The van der Waals surface area contributed by atoms with Crippen molar-refractivity contribution in [2.75, 3.05) is 19.8 Å². The number of hydrogen-bond donors (Lipinski definition) is 1. The molecule has 142 valence electrons. The van der Waals surface area contributed by atoms with Crippen molar-refractivity contribution in [1.82, 2.24) is 0 Å². The maximum atomic E-state index is 12.1. The molecule has 0 bridgehead atoms. The van der Waals surface area contributed by atoms with E-state index in [2.05, 4.69) is 0 Å². The predicted molar refractivity (Wildman–Crippen MR) is 92.9 cm³/mol. The van der Waals surface area contributed by atoms with Gasteiger partial charge in [0.2, 0.25) is 0 Å². The fraction of sp³-hybridized carbons (Fsp3) is 0.500. The van der Waals surface area contributed by atoms with Crippen molar-refractivity contribution in [2.45, 2.75) is 31.9 Å². The van der Waals surface area contributed by atoms with E-state index in [9.17, 15) is 18.3 Å². The van der Waals surface area contributed by atoms with Crippen LogP contribution in [0.5, 0.6) is 11.5 Å². The molecule has 0 fully saturated rings. The third-order valence-electron chi connectivity index (χ3n) is 3.02. The van der Waals surface area contributed by atoms with E-state index in [4.69, 9.17) is 44.3 Å². The number of unbranched alkanes of at least 4 members (excludes halogenated alkanes) is 2. The van der Waals surface area contributed by atoms with Crippen LogP contribution in [0.15, 0.2) is 23.2 Å². The number of alkyl halides is 3. The normalized spacial score (nSPS) is 12.5. The molecular formula is C16H18Cl3F3O3. The number of halogens is 6. The first kappa shape index (κ1) is 22.2. The van der Waals surface area contributed by atoms with Crippen LogP contribution in [-0.4, -0.2) is 31.1 Å². The lowest BCUT2D eigenvalue weighted by atomic mass is 10.2. The van der Waals surface area contributed by atoms with Gasteiger partial charge in [-0.25, -0.2) is 0 Å². The number of rotatable bonds is 10. The first-order valence-corrected chi connectivity index (χ1v) is 8.66. The molecule has 25 heavy (non-hydrogen) atoms. The number of ether oxygens (including phenoxy) is 2. The van der Waals surface area contributed by atoms with Crippen molar-refractivity contribution >= 4 is 34.8 Å². The molecule has 1 aromatic rings. The van der Waals surface area contributed by atoms with Gasteiger partial charge in [0.1, 0.15) is 10.8 Å². The summed E-state index contributed by atoms with van der Waals surface area (Å²) in [6.07, 6.45) is -1.19. The van der Waals surface area contributed by atoms with Gasteiger partial charge < -0.3 is 14.6 Å².